The Morgan fingerprint density at radius 1 is 1.08 bits per heavy atom. The number of hydrogen-bond acceptors (Lipinski definition) is 4. The summed E-state index contributed by atoms with van der Waals surface area (Å²) in [5.74, 6) is 1.11. The van der Waals surface area contributed by atoms with E-state index in [1.165, 1.54) is 6.20 Å². The molecular formula is C20H18ClN3O2. The Morgan fingerprint density at radius 3 is 2.58 bits per heavy atom. The largest absolute Gasteiger partial charge is 0.495 e. The van der Waals surface area contributed by atoms with Crippen LogP contribution in [-0.2, 0) is 0 Å². The highest BCUT2D eigenvalue weighted by Crippen LogP contribution is 2.26. The second-order valence-electron chi connectivity index (χ2n) is 5.67. The first-order valence-corrected chi connectivity index (χ1v) is 8.38. The highest BCUT2D eigenvalue weighted by Gasteiger charge is 2.09. The zero-order chi connectivity index (χ0) is 18.5. The predicted molar refractivity (Wildman–Crippen MR) is 105 cm³/mol. The van der Waals surface area contributed by atoms with E-state index in [1.54, 1.807) is 37.4 Å². The molecule has 0 fully saturated rings. The maximum absolute atomic E-state index is 12.4. The predicted octanol–water partition coefficient (Wildman–Crippen LogP) is 5.05. The van der Waals surface area contributed by atoms with Gasteiger partial charge in [0.15, 0.2) is 0 Å². The fourth-order valence-corrected chi connectivity index (χ4v) is 2.68. The zero-order valence-electron chi connectivity index (χ0n) is 14.4. The number of anilines is 3. The van der Waals surface area contributed by atoms with Crippen molar-refractivity contribution in [2.24, 2.45) is 0 Å². The van der Waals surface area contributed by atoms with Gasteiger partial charge in [-0.25, -0.2) is 4.98 Å². The molecule has 0 saturated heterocycles. The van der Waals surface area contributed by atoms with Crippen molar-refractivity contribution in [2.45, 2.75) is 6.92 Å². The molecular weight excluding hydrogens is 350 g/mol. The van der Waals surface area contributed by atoms with Gasteiger partial charge in [-0.05, 0) is 55.0 Å². The maximum atomic E-state index is 12.4. The van der Waals surface area contributed by atoms with Crippen molar-refractivity contribution in [1.29, 1.82) is 0 Å². The third-order valence-corrected chi connectivity index (χ3v) is 4.07. The van der Waals surface area contributed by atoms with Gasteiger partial charge in [0.1, 0.15) is 11.6 Å². The Labute approximate surface area is 157 Å². The Hall–Kier alpha value is -3.05. The van der Waals surface area contributed by atoms with E-state index in [2.05, 4.69) is 15.6 Å². The van der Waals surface area contributed by atoms with Crippen LogP contribution in [0, 0.1) is 6.92 Å². The molecule has 0 spiro atoms. The van der Waals surface area contributed by atoms with Gasteiger partial charge in [0.05, 0.1) is 18.4 Å². The van der Waals surface area contributed by atoms with Crippen LogP contribution in [0.1, 0.15) is 15.9 Å². The fraction of sp³-hybridized carbons (Fsp3) is 0.100. The number of hydrogen-bond donors (Lipinski definition) is 2. The summed E-state index contributed by atoms with van der Waals surface area (Å²) in [7, 11) is 1.61. The molecule has 1 amide bonds. The summed E-state index contributed by atoms with van der Waals surface area (Å²) in [6.07, 6.45) is 1.53. The van der Waals surface area contributed by atoms with Crippen LogP contribution < -0.4 is 15.4 Å². The van der Waals surface area contributed by atoms with Crippen LogP contribution in [0.3, 0.4) is 0 Å². The average molecular weight is 368 g/mol. The van der Waals surface area contributed by atoms with E-state index < -0.39 is 0 Å². The summed E-state index contributed by atoms with van der Waals surface area (Å²) in [6, 6.07) is 16.3. The maximum Gasteiger partial charge on any atom is 0.257 e. The SMILES string of the molecule is COc1ccccc1Nc1ccc(C(=O)Nc2ccc(Cl)cc2C)cn1. The molecule has 0 atom stereocenters. The van der Waals surface area contributed by atoms with Gasteiger partial charge in [-0.3, -0.25) is 4.79 Å². The number of amides is 1. The molecule has 0 aliphatic rings. The monoisotopic (exact) mass is 367 g/mol. The van der Waals surface area contributed by atoms with Crippen LogP contribution in [0.5, 0.6) is 5.75 Å². The minimum absolute atomic E-state index is 0.230. The Morgan fingerprint density at radius 2 is 1.88 bits per heavy atom. The van der Waals surface area contributed by atoms with Gasteiger partial charge < -0.3 is 15.4 Å². The number of aryl methyl sites for hydroxylation is 1. The van der Waals surface area contributed by atoms with Crippen molar-refractivity contribution in [3.63, 3.8) is 0 Å². The van der Waals surface area contributed by atoms with Gasteiger partial charge in [-0.15, -0.1) is 0 Å². The zero-order valence-corrected chi connectivity index (χ0v) is 15.2. The van der Waals surface area contributed by atoms with E-state index in [-0.39, 0.29) is 5.91 Å². The van der Waals surface area contributed by atoms with E-state index >= 15 is 0 Å². The first-order chi connectivity index (χ1) is 12.6. The smallest absolute Gasteiger partial charge is 0.257 e. The topological polar surface area (TPSA) is 63.2 Å². The molecule has 0 unspecified atom stereocenters. The van der Waals surface area contributed by atoms with Gasteiger partial charge in [0.2, 0.25) is 0 Å². The molecule has 6 heteroatoms. The van der Waals surface area contributed by atoms with E-state index in [9.17, 15) is 4.79 Å². The number of pyridine rings is 1. The van der Waals surface area contributed by atoms with E-state index in [4.69, 9.17) is 16.3 Å². The van der Waals surface area contributed by atoms with Gasteiger partial charge in [-0.1, -0.05) is 23.7 Å². The second-order valence-corrected chi connectivity index (χ2v) is 6.11. The molecule has 26 heavy (non-hydrogen) atoms. The van der Waals surface area contributed by atoms with E-state index in [1.807, 2.05) is 31.2 Å². The molecule has 2 N–H and O–H groups in total. The van der Waals surface area contributed by atoms with Crippen LogP contribution in [0.15, 0.2) is 60.8 Å². The number of ether oxygens (including phenoxy) is 1. The van der Waals surface area contributed by atoms with Crippen LogP contribution in [-0.4, -0.2) is 18.0 Å². The third-order valence-electron chi connectivity index (χ3n) is 3.83. The molecule has 1 aromatic heterocycles. The quantitative estimate of drug-likeness (QED) is 0.662. The first-order valence-electron chi connectivity index (χ1n) is 8.00. The molecule has 132 valence electrons. The lowest BCUT2D eigenvalue weighted by Crippen LogP contribution is -2.13. The van der Waals surface area contributed by atoms with Crippen LogP contribution in [0.4, 0.5) is 17.2 Å². The molecule has 3 rings (SSSR count). The van der Waals surface area contributed by atoms with Crippen molar-refractivity contribution in [3.8, 4) is 5.75 Å². The lowest BCUT2D eigenvalue weighted by atomic mass is 10.2. The first kappa shape index (κ1) is 17.8. The lowest BCUT2D eigenvalue weighted by molar-refractivity contribution is 0.102. The molecule has 2 aromatic carbocycles. The van der Waals surface area contributed by atoms with Gasteiger partial charge in [0.25, 0.3) is 5.91 Å². The number of nitrogens with zero attached hydrogens (tertiary/aromatic N) is 1. The van der Waals surface area contributed by atoms with Crippen molar-refractivity contribution in [3.05, 3.63) is 76.9 Å². The molecule has 0 aliphatic carbocycles. The number of benzene rings is 2. The highest BCUT2D eigenvalue weighted by atomic mass is 35.5. The summed E-state index contributed by atoms with van der Waals surface area (Å²) < 4.78 is 5.30. The summed E-state index contributed by atoms with van der Waals surface area (Å²) in [5.41, 5.74) is 2.88. The van der Waals surface area contributed by atoms with E-state index in [0.29, 0.717) is 22.2 Å². The number of carbonyl (C=O) groups excluding carboxylic acids is 1. The molecule has 5 nitrogen and oxygen atoms in total. The van der Waals surface area contributed by atoms with Crippen LogP contribution >= 0.6 is 11.6 Å². The van der Waals surface area contributed by atoms with Gasteiger partial charge in [0, 0.05) is 16.9 Å². The molecule has 3 aromatic rings. The normalized spacial score (nSPS) is 10.3. The van der Waals surface area contributed by atoms with Crippen molar-refractivity contribution in [1.82, 2.24) is 4.98 Å². The van der Waals surface area contributed by atoms with Crippen molar-refractivity contribution < 1.29 is 9.53 Å². The average Bonchev–Trinajstić information content (AvgIpc) is 2.65. The Kier molecular flexibility index (Phi) is 5.39. The molecule has 1 heterocycles. The number of aromatic nitrogens is 1. The van der Waals surface area contributed by atoms with Crippen molar-refractivity contribution >= 4 is 34.7 Å². The van der Waals surface area contributed by atoms with E-state index in [0.717, 1.165) is 16.9 Å². The lowest BCUT2D eigenvalue weighted by Gasteiger charge is -2.11. The Bertz CT molecular complexity index is 927. The van der Waals surface area contributed by atoms with Gasteiger partial charge >= 0.3 is 0 Å². The van der Waals surface area contributed by atoms with Crippen LogP contribution in [0.25, 0.3) is 0 Å². The third kappa shape index (κ3) is 4.13. The molecule has 0 radical (unpaired) electrons. The number of rotatable bonds is 5. The molecule has 0 bridgehead atoms. The number of nitrogens with one attached hydrogen (secondary N) is 2. The number of carbonyl (C=O) groups is 1. The minimum atomic E-state index is -0.230. The number of methoxy groups -OCH3 is 1. The summed E-state index contributed by atoms with van der Waals surface area (Å²) in [6.45, 7) is 1.89. The number of halogens is 1. The molecule has 0 aliphatic heterocycles. The Balaban J connectivity index is 1.71. The summed E-state index contributed by atoms with van der Waals surface area (Å²) in [4.78, 5) is 16.7. The second kappa shape index (κ2) is 7.89. The molecule has 0 saturated carbocycles. The van der Waals surface area contributed by atoms with Gasteiger partial charge in [-0.2, -0.15) is 0 Å². The highest BCUT2D eigenvalue weighted by molar-refractivity contribution is 6.30. The van der Waals surface area contributed by atoms with Crippen LogP contribution in [0.2, 0.25) is 5.02 Å². The summed E-state index contributed by atoms with van der Waals surface area (Å²) >= 11 is 5.94. The van der Waals surface area contributed by atoms with Crippen molar-refractivity contribution in [2.75, 3.05) is 17.7 Å². The standard InChI is InChI=1S/C20H18ClN3O2/c1-13-11-15(21)8-9-16(13)24-20(25)14-7-10-19(22-12-14)23-17-5-3-4-6-18(17)26-2/h3-12H,1-2H3,(H,22,23)(H,24,25). The summed E-state index contributed by atoms with van der Waals surface area (Å²) in [5, 5.41) is 6.67. The minimum Gasteiger partial charge on any atom is -0.495 e. The fourth-order valence-electron chi connectivity index (χ4n) is 2.45. The number of para-hydroxylation sites is 2.